The lowest BCUT2D eigenvalue weighted by Gasteiger charge is -2.11. The van der Waals surface area contributed by atoms with Crippen molar-refractivity contribution >= 4 is 11.6 Å². The Morgan fingerprint density at radius 1 is 1.24 bits per heavy atom. The Hall–Kier alpha value is -0.900. The Morgan fingerprint density at radius 2 is 2.00 bits per heavy atom. The van der Waals surface area contributed by atoms with Crippen LogP contribution in [-0.4, -0.2) is 36.4 Å². The van der Waals surface area contributed by atoms with Crippen molar-refractivity contribution in [1.29, 1.82) is 0 Å². The molecule has 0 aromatic carbocycles. The van der Waals surface area contributed by atoms with E-state index < -0.39 is 0 Å². The molecule has 17 heavy (non-hydrogen) atoms. The largest absolute Gasteiger partial charge is 0.381 e. The highest BCUT2D eigenvalue weighted by Crippen LogP contribution is 2.12. The number of nitrogens with zero attached hydrogens (tertiary/aromatic N) is 2. The van der Waals surface area contributed by atoms with Gasteiger partial charge in [0.15, 0.2) is 0 Å². The van der Waals surface area contributed by atoms with Gasteiger partial charge in [0.2, 0.25) is 5.91 Å². The van der Waals surface area contributed by atoms with Crippen LogP contribution in [-0.2, 0) is 9.53 Å². The van der Waals surface area contributed by atoms with Gasteiger partial charge < -0.3 is 4.74 Å². The molecule has 0 N–H and O–H groups in total. The van der Waals surface area contributed by atoms with Crippen LogP contribution in [0.5, 0.6) is 0 Å². The SMILES string of the molecule is CCCCOCCCN1N=C(CCC)CC1=O. The van der Waals surface area contributed by atoms with Crippen molar-refractivity contribution < 1.29 is 9.53 Å². The van der Waals surface area contributed by atoms with Gasteiger partial charge >= 0.3 is 0 Å². The maximum atomic E-state index is 11.6. The first-order chi connectivity index (χ1) is 8.27. The first kappa shape index (κ1) is 14.2. The maximum absolute atomic E-state index is 11.6. The number of amides is 1. The molecule has 0 saturated carbocycles. The van der Waals surface area contributed by atoms with Gasteiger partial charge in [0.1, 0.15) is 0 Å². The standard InChI is InChI=1S/C13H24N2O2/c1-3-5-9-17-10-6-8-15-13(16)11-12(14-15)7-4-2/h3-11H2,1-2H3. The Balaban J connectivity index is 2.12. The fraction of sp³-hybridized carbons (Fsp3) is 0.846. The van der Waals surface area contributed by atoms with Crippen LogP contribution in [0.2, 0.25) is 0 Å². The van der Waals surface area contributed by atoms with Crippen LogP contribution in [0.15, 0.2) is 5.10 Å². The van der Waals surface area contributed by atoms with E-state index in [4.69, 9.17) is 4.74 Å². The van der Waals surface area contributed by atoms with E-state index in [9.17, 15) is 4.79 Å². The van der Waals surface area contributed by atoms with E-state index in [1.165, 1.54) is 0 Å². The molecule has 98 valence electrons. The third-order valence-electron chi connectivity index (χ3n) is 2.74. The van der Waals surface area contributed by atoms with E-state index in [-0.39, 0.29) is 5.91 Å². The summed E-state index contributed by atoms with van der Waals surface area (Å²) < 4.78 is 5.46. The molecule has 1 aliphatic heterocycles. The van der Waals surface area contributed by atoms with E-state index in [2.05, 4.69) is 18.9 Å². The number of hydrazone groups is 1. The van der Waals surface area contributed by atoms with Gasteiger partial charge in [-0.2, -0.15) is 5.10 Å². The zero-order chi connectivity index (χ0) is 12.5. The lowest BCUT2D eigenvalue weighted by molar-refractivity contribution is -0.128. The van der Waals surface area contributed by atoms with Gasteiger partial charge in [-0.3, -0.25) is 4.79 Å². The lowest BCUT2D eigenvalue weighted by Crippen LogP contribution is -2.22. The molecular formula is C13H24N2O2. The molecule has 0 bridgehead atoms. The fourth-order valence-electron chi connectivity index (χ4n) is 1.79. The molecule has 0 saturated heterocycles. The normalized spacial score (nSPS) is 15.5. The molecule has 1 amide bonds. The molecule has 0 fully saturated rings. The Bertz CT molecular complexity index is 264. The van der Waals surface area contributed by atoms with Gasteiger partial charge in [0.25, 0.3) is 0 Å². The van der Waals surface area contributed by atoms with Crippen LogP contribution in [0, 0.1) is 0 Å². The molecule has 4 heteroatoms. The number of unbranched alkanes of at least 4 members (excludes halogenated alkanes) is 1. The molecule has 1 heterocycles. The van der Waals surface area contributed by atoms with Gasteiger partial charge in [0.05, 0.1) is 6.42 Å². The zero-order valence-corrected chi connectivity index (χ0v) is 11.1. The topological polar surface area (TPSA) is 41.9 Å². The minimum atomic E-state index is 0.141. The summed E-state index contributed by atoms with van der Waals surface area (Å²) in [5, 5.41) is 5.94. The van der Waals surface area contributed by atoms with Crippen LogP contribution in [0.3, 0.4) is 0 Å². The summed E-state index contributed by atoms with van der Waals surface area (Å²) in [6.07, 6.45) is 5.66. The first-order valence-corrected chi connectivity index (χ1v) is 6.72. The number of carbonyl (C=O) groups is 1. The summed E-state index contributed by atoms with van der Waals surface area (Å²) in [4.78, 5) is 11.6. The average Bonchev–Trinajstić information content (AvgIpc) is 2.65. The highest BCUT2D eigenvalue weighted by atomic mass is 16.5. The van der Waals surface area contributed by atoms with Gasteiger partial charge in [-0.15, -0.1) is 0 Å². The second kappa shape index (κ2) is 8.23. The molecule has 4 nitrogen and oxygen atoms in total. The van der Waals surface area contributed by atoms with Gasteiger partial charge in [-0.05, 0) is 19.3 Å². The van der Waals surface area contributed by atoms with E-state index >= 15 is 0 Å². The van der Waals surface area contributed by atoms with Crippen molar-refractivity contribution in [2.24, 2.45) is 5.10 Å². The van der Waals surface area contributed by atoms with E-state index in [0.29, 0.717) is 13.0 Å². The van der Waals surface area contributed by atoms with Crippen LogP contribution >= 0.6 is 0 Å². The van der Waals surface area contributed by atoms with Crippen molar-refractivity contribution in [2.45, 2.75) is 52.4 Å². The quantitative estimate of drug-likeness (QED) is 0.581. The van der Waals surface area contributed by atoms with Crippen LogP contribution in [0.4, 0.5) is 0 Å². The zero-order valence-electron chi connectivity index (χ0n) is 11.1. The third-order valence-corrected chi connectivity index (χ3v) is 2.74. The number of hydrogen-bond donors (Lipinski definition) is 0. The van der Waals surface area contributed by atoms with Gasteiger partial charge in [-0.1, -0.05) is 26.7 Å². The second-order valence-corrected chi connectivity index (χ2v) is 4.43. The fourth-order valence-corrected chi connectivity index (χ4v) is 1.79. The van der Waals surface area contributed by atoms with Crippen molar-refractivity contribution in [1.82, 2.24) is 5.01 Å². The monoisotopic (exact) mass is 240 g/mol. The predicted octanol–water partition coefficient (Wildman–Crippen LogP) is 2.58. The lowest BCUT2D eigenvalue weighted by atomic mass is 10.2. The molecule has 0 spiro atoms. The van der Waals surface area contributed by atoms with Gasteiger partial charge in [0, 0.05) is 25.5 Å². The summed E-state index contributed by atoms with van der Waals surface area (Å²) in [5.74, 6) is 0.141. The molecule has 0 atom stereocenters. The summed E-state index contributed by atoms with van der Waals surface area (Å²) >= 11 is 0. The Morgan fingerprint density at radius 3 is 2.71 bits per heavy atom. The highest BCUT2D eigenvalue weighted by molar-refractivity contribution is 6.04. The summed E-state index contributed by atoms with van der Waals surface area (Å²) in [6.45, 7) is 6.50. The van der Waals surface area contributed by atoms with E-state index in [1.807, 2.05) is 0 Å². The van der Waals surface area contributed by atoms with Crippen LogP contribution < -0.4 is 0 Å². The van der Waals surface area contributed by atoms with Crippen molar-refractivity contribution in [2.75, 3.05) is 19.8 Å². The minimum Gasteiger partial charge on any atom is -0.381 e. The van der Waals surface area contributed by atoms with Crippen LogP contribution in [0.25, 0.3) is 0 Å². The molecule has 1 rings (SSSR count). The van der Waals surface area contributed by atoms with Crippen LogP contribution in [0.1, 0.15) is 52.4 Å². The van der Waals surface area contributed by atoms with Crippen molar-refractivity contribution in [3.63, 3.8) is 0 Å². The van der Waals surface area contributed by atoms with Crippen molar-refractivity contribution in [3.8, 4) is 0 Å². The summed E-state index contributed by atoms with van der Waals surface area (Å²) in [6, 6.07) is 0. The molecule has 0 unspecified atom stereocenters. The Labute approximate surface area is 104 Å². The third kappa shape index (κ3) is 5.31. The maximum Gasteiger partial charge on any atom is 0.248 e. The molecule has 1 aliphatic rings. The number of rotatable bonds is 9. The summed E-state index contributed by atoms with van der Waals surface area (Å²) in [7, 11) is 0. The van der Waals surface area contributed by atoms with Gasteiger partial charge in [-0.25, -0.2) is 5.01 Å². The predicted molar refractivity (Wildman–Crippen MR) is 69.0 cm³/mol. The summed E-state index contributed by atoms with van der Waals surface area (Å²) in [5.41, 5.74) is 1.03. The van der Waals surface area contributed by atoms with E-state index in [1.54, 1.807) is 5.01 Å². The minimum absolute atomic E-state index is 0.141. The number of ether oxygens (including phenoxy) is 1. The molecular weight excluding hydrogens is 216 g/mol. The average molecular weight is 240 g/mol. The van der Waals surface area contributed by atoms with E-state index in [0.717, 1.165) is 51.0 Å². The molecule has 0 aliphatic carbocycles. The Kier molecular flexibility index (Phi) is 6.86. The number of hydrogen-bond acceptors (Lipinski definition) is 3. The smallest absolute Gasteiger partial charge is 0.248 e. The van der Waals surface area contributed by atoms with Crippen molar-refractivity contribution in [3.05, 3.63) is 0 Å². The number of carbonyl (C=O) groups excluding carboxylic acids is 1. The highest BCUT2D eigenvalue weighted by Gasteiger charge is 2.22. The molecule has 0 aromatic heterocycles. The molecule has 0 radical (unpaired) electrons. The molecule has 0 aromatic rings. The second-order valence-electron chi connectivity index (χ2n) is 4.43. The first-order valence-electron chi connectivity index (χ1n) is 6.72.